The number of nitro groups is 1. The topological polar surface area (TPSA) is 95.2 Å². The van der Waals surface area contributed by atoms with E-state index >= 15 is 0 Å². The summed E-state index contributed by atoms with van der Waals surface area (Å²) in [6, 6.07) is -0.852. The first-order valence-electron chi connectivity index (χ1n) is 2.20. The lowest BCUT2D eigenvalue weighted by Gasteiger charge is -2.05. The maximum atomic E-state index is 9.79. The van der Waals surface area contributed by atoms with Gasteiger partial charge in [-0.3, -0.25) is 10.1 Å². The highest BCUT2D eigenvalue weighted by molar-refractivity contribution is 4.57. The molecule has 0 aliphatic rings. The predicted octanol–water partition coefficient (Wildman–Crippen LogP) is -1.10. The predicted molar refractivity (Wildman–Crippen MR) is 28.6 cm³/mol. The van der Waals surface area contributed by atoms with E-state index in [1.807, 2.05) is 0 Å². The molecule has 0 saturated heterocycles. The van der Waals surface area contributed by atoms with Crippen LogP contribution in [-0.2, 0) is 0 Å². The van der Waals surface area contributed by atoms with Gasteiger partial charge < -0.3 is 11.5 Å². The van der Waals surface area contributed by atoms with Crippen LogP contribution in [0.5, 0.6) is 0 Å². The van der Waals surface area contributed by atoms with Crippen LogP contribution in [0, 0.1) is 10.1 Å². The van der Waals surface area contributed by atoms with E-state index in [4.69, 9.17) is 11.5 Å². The molecule has 0 amide bonds. The molecule has 0 aliphatic heterocycles. The zero-order chi connectivity index (χ0) is 6.73. The van der Waals surface area contributed by atoms with Crippen molar-refractivity contribution in [2.24, 2.45) is 11.5 Å². The molecule has 1 atom stereocenters. The van der Waals surface area contributed by atoms with E-state index in [2.05, 4.69) is 0 Å². The average molecular weight is 119 g/mol. The Hall–Kier alpha value is -0.680. The van der Waals surface area contributed by atoms with Crippen molar-refractivity contribution < 1.29 is 4.92 Å². The van der Waals surface area contributed by atoms with Crippen LogP contribution in [0.4, 0.5) is 0 Å². The van der Waals surface area contributed by atoms with E-state index in [1.165, 1.54) is 6.92 Å². The summed E-state index contributed by atoms with van der Waals surface area (Å²) >= 11 is 0. The largest absolute Gasteiger partial charge is 0.310 e. The molecule has 0 aliphatic carbocycles. The Morgan fingerprint density at radius 2 is 2.00 bits per heavy atom. The molecule has 5 heteroatoms. The summed E-state index contributed by atoms with van der Waals surface area (Å²) in [5.41, 5.74) is 9.95. The van der Waals surface area contributed by atoms with Gasteiger partial charge in [0.25, 0.3) is 0 Å². The zero-order valence-corrected chi connectivity index (χ0v) is 4.57. The fourth-order valence-electron chi connectivity index (χ4n) is 0.141. The Balaban J connectivity index is 3.64. The maximum absolute atomic E-state index is 9.79. The van der Waals surface area contributed by atoms with Crippen molar-refractivity contribution in [2.75, 3.05) is 0 Å². The highest BCUT2D eigenvalue weighted by Gasteiger charge is 2.17. The standard InChI is InChI=1S/C3H9N3O2/c1-2(3(4)5)6(7)8/h2-3H,4-5H2,1H3. The van der Waals surface area contributed by atoms with Gasteiger partial charge in [0.05, 0.1) is 0 Å². The van der Waals surface area contributed by atoms with Crippen LogP contribution in [0.25, 0.3) is 0 Å². The molecule has 8 heavy (non-hydrogen) atoms. The van der Waals surface area contributed by atoms with Crippen LogP contribution < -0.4 is 11.5 Å². The van der Waals surface area contributed by atoms with Crippen LogP contribution in [0.1, 0.15) is 6.92 Å². The molecule has 0 fully saturated rings. The van der Waals surface area contributed by atoms with Crippen LogP contribution in [-0.4, -0.2) is 17.1 Å². The molecule has 0 saturated carbocycles. The first-order valence-corrected chi connectivity index (χ1v) is 2.20. The Bertz CT molecular complexity index is 92.5. The van der Waals surface area contributed by atoms with Gasteiger partial charge >= 0.3 is 0 Å². The van der Waals surface area contributed by atoms with Gasteiger partial charge in [0, 0.05) is 11.8 Å². The second-order valence-corrected chi connectivity index (χ2v) is 1.60. The van der Waals surface area contributed by atoms with E-state index in [9.17, 15) is 10.1 Å². The van der Waals surface area contributed by atoms with Crippen molar-refractivity contribution in [3.8, 4) is 0 Å². The molecule has 0 rings (SSSR count). The SMILES string of the molecule is CC(C(N)N)[N+](=O)[O-]. The minimum absolute atomic E-state index is 0.509. The van der Waals surface area contributed by atoms with E-state index in [0.29, 0.717) is 0 Å². The summed E-state index contributed by atoms with van der Waals surface area (Å²) in [6.07, 6.45) is -0.856. The Morgan fingerprint density at radius 3 is 2.00 bits per heavy atom. The Kier molecular flexibility index (Phi) is 2.36. The fraction of sp³-hybridized carbons (Fsp3) is 1.00. The third-order valence-corrected chi connectivity index (χ3v) is 0.890. The summed E-state index contributed by atoms with van der Waals surface area (Å²) in [5, 5.41) is 9.79. The molecule has 48 valence electrons. The summed E-state index contributed by atoms with van der Waals surface area (Å²) in [5.74, 6) is 0. The van der Waals surface area contributed by atoms with Crippen molar-refractivity contribution in [3.63, 3.8) is 0 Å². The maximum Gasteiger partial charge on any atom is 0.237 e. The van der Waals surface area contributed by atoms with Gasteiger partial charge in [0.2, 0.25) is 6.04 Å². The van der Waals surface area contributed by atoms with Crippen molar-refractivity contribution in [1.82, 2.24) is 0 Å². The van der Waals surface area contributed by atoms with Gasteiger partial charge in [-0.25, -0.2) is 0 Å². The fourth-order valence-corrected chi connectivity index (χ4v) is 0.141. The minimum Gasteiger partial charge on any atom is -0.310 e. The molecule has 0 spiro atoms. The average Bonchev–Trinajstić information content (AvgIpc) is 1.64. The van der Waals surface area contributed by atoms with Crippen molar-refractivity contribution in [1.29, 1.82) is 0 Å². The van der Waals surface area contributed by atoms with Crippen LogP contribution in [0.3, 0.4) is 0 Å². The lowest BCUT2D eigenvalue weighted by Crippen LogP contribution is -2.45. The Labute approximate surface area is 46.8 Å². The number of rotatable bonds is 2. The van der Waals surface area contributed by atoms with Crippen LogP contribution >= 0.6 is 0 Å². The number of hydrogen-bond acceptors (Lipinski definition) is 4. The second kappa shape index (κ2) is 2.58. The monoisotopic (exact) mass is 119 g/mol. The van der Waals surface area contributed by atoms with Gasteiger partial charge in [0.15, 0.2) is 0 Å². The number of hydrogen-bond donors (Lipinski definition) is 2. The van der Waals surface area contributed by atoms with Crippen molar-refractivity contribution >= 4 is 0 Å². The van der Waals surface area contributed by atoms with Crippen molar-refractivity contribution in [2.45, 2.75) is 19.1 Å². The third kappa shape index (κ3) is 1.85. The van der Waals surface area contributed by atoms with Gasteiger partial charge in [-0.1, -0.05) is 0 Å². The molecule has 1 unspecified atom stereocenters. The van der Waals surface area contributed by atoms with Gasteiger partial charge in [-0.2, -0.15) is 0 Å². The molecular formula is C3H9N3O2. The molecule has 0 aromatic carbocycles. The number of nitrogens with two attached hydrogens (primary N) is 2. The lowest BCUT2D eigenvalue weighted by atomic mass is 10.3. The molecular weight excluding hydrogens is 110 g/mol. The molecule has 0 aromatic rings. The quantitative estimate of drug-likeness (QED) is 0.274. The van der Waals surface area contributed by atoms with Crippen molar-refractivity contribution in [3.05, 3.63) is 10.1 Å². The molecule has 0 bridgehead atoms. The first kappa shape index (κ1) is 7.32. The van der Waals surface area contributed by atoms with E-state index in [-0.39, 0.29) is 0 Å². The highest BCUT2D eigenvalue weighted by atomic mass is 16.6. The second-order valence-electron chi connectivity index (χ2n) is 1.60. The van der Waals surface area contributed by atoms with E-state index in [1.54, 1.807) is 0 Å². The minimum atomic E-state index is -0.856. The highest BCUT2D eigenvalue weighted by Crippen LogP contribution is 1.85. The molecule has 0 radical (unpaired) electrons. The molecule has 5 nitrogen and oxygen atoms in total. The smallest absolute Gasteiger partial charge is 0.237 e. The first-order chi connectivity index (χ1) is 3.55. The van der Waals surface area contributed by atoms with Gasteiger partial charge in [-0.05, 0) is 0 Å². The number of nitrogens with zero attached hydrogens (tertiary/aromatic N) is 1. The Morgan fingerprint density at radius 1 is 1.62 bits per heavy atom. The molecule has 4 N–H and O–H groups in total. The summed E-state index contributed by atoms with van der Waals surface area (Å²) in [6.45, 7) is 1.37. The summed E-state index contributed by atoms with van der Waals surface area (Å²) in [4.78, 5) is 9.28. The lowest BCUT2D eigenvalue weighted by molar-refractivity contribution is -0.521. The summed E-state index contributed by atoms with van der Waals surface area (Å²) in [7, 11) is 0. The normalized spacial score (nSPS) is 14.0. The van der Waals surface area contributed by atoms with E-state index in [0.717, 1.165) is 0 Å². The summed E-state index contributed by atoms with van der Waals surface area (Å²) < 4.78 is 0. The zero-order valence-electron chi connectivity index (χ0n) is 4.57. The third-order valence-electron chi connectivity index (χ3n) is 0.890. The van der Waals surface area contributed by atoms with Crippen LogP contribution in [0.2, 0.25) is 0 Å². The molecule has 0 heterocycles. The van der Waals surface area contributed by atoms with E-state index < -0.39 is 17.1 Å². The van der Waals surface area contributed by atoms with Gasteiger partial charge in [0.1, 0.15) is 6.17 Å². The molecule has 0 aromatic heterocycles. The van der Waals surface area contributed by atoms with Crippen LogP contribution in [0.15, 0.2) is 0 Å². The van der Waals surface area contributed by atoms with Gasteiger partial charge in [-0.15, -0.1) is 0 Å².